The first-order valence-electron chi connectivity index (χ1n) is 5.66. The number of thiophene rings is 1. The standard InChI is InChI=1S/C14H14N2OS/c1-11-5-8-18-14(11)10-16-12-3-2-4-13(9-12)17-7-6-15/h2-5,8-9,16H,7,10H2,1H3. The lowest BCUT2D eigenvalue weighted by atomic mass is 10.2. The summed E-state index contributed by atoms with van der Waals surface area (Å²) in [5.41, 5.74) is 2.31. The summed E-state index contributed by atoms with van der Waals surface area (Å²) in [7, 11) is 0. The van der Waals surface area contributed by atoms with E-state index in [2.05, 4.69) is 23.7 Å². The van der Waals surface area contributed by atoms with E-state index in [0.29, 0.717) is 5.75 Å². The summed E-state index contributed by atoms with van der Waals surface area (Å²) in [5, 5.41) is 13.9. The van der Waals surface area contributed by atoms with Crippen molar-refractivity contribution in [3.8, 4) is 11.8 Å². The fraction of sp³-hybridized carbons (Fsp3) is 0.214. The summed E-state index contributed by atoms with van der Waals surface area (Å²) < 4.78 is 5.26. The number of hydrogen-bond donors (Lipinski definition) is 1. The minimum Gasteiger partial charge on any atom is -0.479 e. The first kappa shape index (κ1) is 12.5. The van der Waals surface area contributed by atoms with Gasteiger partial charge < -0.3 is 10.1 Å². The van der Waals surface area contributed by atoms with Crippen molar-refractivity contribution in [1.82, 2.24) is 0 Å². The van der Waals surface area contributed by atoms with E-state index in [9.17, 15) is 0 Å². The number of hydrogen-bond acceptors (Lipinski definition) is 4. The molecule has 0 spiro atoms. The molecule has 4 heteroatoms. The van der Waals surface area contributed by atoms with E-state index in [-0.39, 0.29) is 6.61 Å². The molecule has 1 N–H and O–H groups in total. The molecule has 0 radical (unpaired) electrons. The van der Waals surface area contributed by atoms with Gasteiger partial charge in [-0.1, -0.05) is 6.07 Å². The first-order chi connectivity index (χ1) is 8.79. The maximum absolute atomic E-state index is 8.47. The molecule has 1 aromatic carbocycles. The van der Waals surface area contributed by atoms with Gasteiger partial charge in [0.15, 0.2) is 6.61 Å². The monoisotopic (exact) mass is 258 g/mol. The molecule has 0 saturated carbocycles. The van der Waals surface area contributed by atoms with Crippen LogP contribution in [-0.4, -0.2) is 6.61 Å². The van der Waals surface area contributed by atoms with Crippen LogP contribution in [0.25, 0.3) is 0 Å². The molecule has 3 nitrogen and oxygen atoms in total. The SMILES string of the molecule is Cc1ccsc1CNc1cccc(OCC#N)c1. The van der Waals surface area contributed by atoms with Crippen molar-refractivity contribution in [1.29, 1.82) is 5.26 Å². The topological polar surface area (TPSA) is 45.0 Å². The van der Waals surface area contributed by atoms with Gasteiger partial charge in [0.05, 0.1) is 0 Å². The fourth-order valence-electron chi connectivity index (χ4n) is 1.58. The lowest BCUT2D eigenvalue weighted by Gasteiger charge is -2.08. The highest BCUT2D eigenvalue weighted by Gasteiger charge is 2.00. The number of benzene rings is 1. The van der Waals surface area contributed by atoms with Gasteiger partial charge in [-0.25, -0.2) is 0 Å². The molecule has 92 valence electrons. The second-order valence-corrected chi connectivity index (χ2v) is 4.86. The Balaban J connectivity index is 1.97. The Labute approximate surface area is 111 Å². The Morgan fingerprint density at radius 3 is 3.00 bits per heavy atom. The van der Waals surface area contributed by atoms with E-state index in [1.807, 2.05) is 30.3 Å². The van der Waals surface area contributed by atoms with Crippen molar-refractivity contribution in [2.24, 2.45) is 0 Å². The first-order valence-corrected chi connectivity index (χ1v) is 6.54. The van der Waals surface area contributed by atoms with Gasteiger partial charge in [0, 0.05) is 23.2 Å². The average Bonchev–Trinajstić information content (AvgIpc) is 2.80. The van der Waals surface area contributed by atoms with Gasteiger partial charge >= 0.3 is 0 Å². The van der Waals surface area contributed by atoms with E-state index < -0.39 is 0 Å². The Morgan fingerprint density at radius 1 is 1.39 bits per heavy atom. The lowest BCUT2D eigenvalue weighted by Crippen LogP contribution is -1.99. The minimum atomic E-state index is 0.0769. The molecule has 0 aliphatic heterocycles. The van der Waals surface area contributed by atoms with Crippen LogP contribution >= 0.6 is 11.3 Å². The molecule has 0 amide bonds. The fourth-order valence-corrected chi connectivity index (χ4v) is 2.42. The molecule has 2 rings (SSSR count). The highest BCUT2D eigenvalue weighted by atomic mass is 32.1. The zero-order chi connectivity index (χ0) is 12.8. The highest BCUT2D eigenvalue weighted by molar-refractivity contribution is 7.10. The van der Waals surface area contributed by atoms with E-state index in [0.717, 1.165) is 12.2 Å². The van der Waals surface area contributed by atoms with Crippen molar-refractivity contribution in [2.75, 3.05) is 11.9 Å². The number of ether oxygens (including phenoxy) is 1. The Hall–Kier alpha value is -1.99. The van der Waals surface area contributed by atoms with Gasteiger partial charge in [0.1, 0.15) is 11.8 Å². The smallest absolute Gasteiger partial charge is 0.174 e. The summed E-state index contributed by atoms with van der Waals surface area (Å²) in [6.45, 7) is 3.00. The molecule has 1 aromatic heterocycles. The van der Waals surface area contributed by atoms with Crippen molar-refractivity contribution >= 4 is 17.0 Å². The van der Waals surface area contributed by atoms with Gasteiger partial charge in [-0.15, -0.1) is 11.3 Å². The summed E-state index contributed by atoms with van der Waals surface area (Å²) in [6, 6.07) is 11.7. The molecule has 0 atom stereocenters. The third-order valence-electron chi connectivity index (χ3n) is 2.56. The summed E-state index contributed by atoms with van der Waals surface area (Å²) in [6.07, 6.45) is 0. The predicted octanol–water partition coefficient (Wildman–Crippen LogP) is 3.57. The number of aryl methyl sites for hydroxylation is 1. The van der Waals surface area contributed by atoms with Gasteiger partial charge in [0.2, 0.25) is 0 Å². The van der Waals surface area contributed by atoms with Crippen LogP contribution in [-0.2, 0) is 6.54 Å². The van der Waals surface area contributed by atoms with E-state index >= 15 is 0 Å². The Bertz CT molecular complexity index is 557. The van der Waals surface area contributed by atoms with Crippen LogP contribution in [0.4, 0.5) is 5.69 Å². The maximum atomic E-state index is 8.47. The van der Waals surface area contributed by atoms with Crippen LogP contribution in [0, 0.1) is 18.3 Å². The molecule has 2 aromatic rings. The molecular formula is C14H14N2OS. The third-order valence-corrected chi connectivity index (χ3v) is 3.58. The predicted molar refractivity (Wildman–Crippen MR) is 73.9 cm³/mol. The van der Waals surface area contributed by atoms with Crippen molar-refractivity contribution < 1.29 is 4.74 Å². The normalized spacial score (nSPS) is 9.78. The Kier molecular flexibility index (Phi) is 4.21. The van der Waals surface area contributed by atoms with Crippen LogP contribution in [0.3, 0.4) is 0 Å². The second kappa shape index (κ2) is 6.08. The zero-order valence-electron chi connectivity index (χ0n) is 10.1. The van der Waals surface area contributed by atoms with E-state index in [1.165, 1.54) is 10.4 Å². The number of nitrogens with one attached hydrogen (secondary N) is 1. The van der Waals surface area contributed by atoms with Crippen molar-refractivity contribution in [2.45, 2.75) is 13.5 Å². The highest BCUT2D eigenvalue weighted by Crippen LogP contribution is 2.20. The zero-order valence-corrected chi connectivity index (χ0v) is 11.0. The van der Waals surface area contributed by atoms with Crippen LogP contribution in [0.5, 0.6) is 5.75 Å². The van der Waals surface area contributed by atoms with Crippen molar-refractivity contribution in [3.63, 3.8) is 0 Å². The molecule has 1 heterocycles. The summed E-state index contributed by atoms with van der Waals surface area (Å²) >= 11 is 1.75. The van der Waals surface area contributed by atoms with Gasteiger partial charge in [-0.2, -0.15) is 5.26 Å². The third kappa shape index (κ3) is 3.25. The van der Waals surface area contributed by atoms with E-state index in [4.69, 9.17) is 10.00 Å². The number of nitriles is 1. The number of rotatable bonds is 5. The summed E-state index contributed by atoms with van der Waals surface area (Å²) in [5.74, 6) is 0.712. The van der Waals surface area contributed by atoms with Gasteiger partial charge in [-0.3, -0.25) is 0 Å². The molecule has 0 fully saturated rings. The molecule has 0 aliphatic rings. The van der Waals surface area contributed by atoms with Gasteiger partial charge in [-0.05, 0) is 36.1 Å². The van der Waals surface area contributed by atoms with Crippen LogP contribution in [0.15, 0.2) is 35.7 Å². The lowest BCUT2D eigenvalue weighted by molar-refractivity contribution is 0.368. The molecule has 0 saturated heterocycles. The summed E-state index contributed by atoms with van der Waals surface area (Å²) in [4.78, 5) is 1.33. The van der Waals surface area contributed by atoms with Crippen LogP contribution < -0.4 is 10.1 Å². The molecule has 0 bridgehead atoms. The van der Waals surface area contributed by atoms with Crippen LogP contribution in [0.2, 0.25) is 0 Å². The molecule has 0 aliphatic carbocycles. The molecular weight excluding hydrogens is 244 g/mol. The van der Waals surface area contributed by atoms with Gasteiger partial charge in [0.25, 0.3) is 0 Å². The molecule has 18 heavy (non-hydrogen) atoms. The number of nitrogens with zero attached hydrogens (tertiary/aromatic N) is 1. The maximum Gasteiger partial charge on any atom is 0.174 e. The number of anilines is 1. The van der Waals surface area contributed by atoms with E-state index in [1.54, 1.807) is 11.3 Å². The van der Waals surface area contributed by atoms with Crippen LogP contribution in [0.1, 0.15) is 10.4 Å². The molecule has 0 unspecified atom stereocenters. The largest absolute Gasteiger partial charge is 0.479 e. The quantitative estimate of drug-likeness (QED) is 0.891. The van der Waals surface area contributed by atoms with Crippen molar-refractivity contribution in [3.05, 3.63) is 46.2 Å². The average molecular weight is 258 g/mol. The second-order valence-electron chi connectivity index (χ2n) is 3.85. The minimum absolute atomic E-state index is 0.0769. The Morgan fingerprint density at radius 2 is 2.28 bits per heavy atom.